The lowest BCUT2D eigenvalue weighted by molar-refractivity contribution is -0.137. The topological polar surface area (TPSA) is 63.3 Å². The molecule has 0 radical (unpaired) electrons. The number of hydrogen-bond acceptors (Lipinski definition) is 3. The lowest BCUT2D eigenvalue weighted by Gasteiger charge is -2.15. The Labute approximate surface area is 70.3 Å². The molecule has 0 aliphatic carbocycles. The molecular weight excluding hydrogens is 162 g/mol. The summed E-state index contributed by atoms with van der Waals surface area (Å²) in [6.45, 7) is 0. The highest BCUT2D eigenvalue weighted by molar-refractivity contribution is 8.00. The number of hydrogen-bond donors (Lipinski definition) is 2. The Hall–Kier alpha value is -0.220. The van der Waals surface area contributed by atoms with Crippen molar-refractivity contribution in [2.75, 3.05) is 5.75 Å². The second-order valence-corrected chi connectivity index (χ2v) is 4.16. The van der Waals surface area contributed by atoms with Crippen molar-refractivity contribution in [3.63, 3.8) is 0 Å². The summed E-state index contributed by atoms with van der Waals surface area (Å²) in [6, 6.07) is -0.153. The normalized spacial score (nSPS) is 26.8. The summed E-state index contributed by atoms with van der Waals surface area (Å²) in [4.78, 5) is 10.3. The van der Waals surface area contributed by atoms with Crippen LogP contribution in [-0.2, 0) is 4.79 Å². The Bertz CT molecular complexity index is 145. The summed E-state index contributed by atoms with van der Waals surface area (Å²) in [5.74, 6) is 0.350. The lowest BCUT2D eigenvalue weighted by Crippen LogP contribution is -2.33. The molecule has 0 amide bonds. The van der Waals surface area contributed by atoms with Crippen molar-refractivity contribution in [3.8, 4) is 0 Å². The molecular formula is C7H13NO2S. The summed E-state index contributed by atoms with van der Waals surface area (Å²) in [6.07, 6.45) is 2.37. The average Bonchev–Trinajstić information content (AvgIpc) is 2.35. The van der Waals surface area contributed by atoms with Crippen LogP contribution in [0.15, 0.2) is 0 Å². The summed E-state index contributed by atoms with van der Waals surface area (Å²) in [5.41, 5.74) is 5.68. The van der Waals surface area contributed by atoms with E-state index in [1.54, 1.807) is 11.8 Å². The van der Waals surface area contributed by atoms with Gasteiger partial charge in [0.2, 0.25) is 0 Å². The standard InChI is InChI=1S/C7H13NO2S/c8-5(4-7(9)10)6-2-1-3-11-6/h5-6H,1-4,8H2,(H,9,10). The largest absolute Gasteiger partial charge is 0.481 e. The summed E-state index contributed by atoms with van der Waals surface area (Å²) in [7, 11) is 0. The first-order valence-corrected chi connectivity index (χ1v) is 4.84. The SMILES string of the molecule is NC(CC(=O)O)C1CCCS1. The minimum atomic E-state index is -0.787. The first-order chi connectivity index (χ1) is 5.20. The van der Waals surface area contributed by atoms with Crippen molar-refractivity contribution < 1.29 is 9.90 Å². The smallest absolute Gasteiger partial charge is 0.304 e. The van der Waals surface area contributed by atoms with Gasteiger partial charge in [0.15, 0.2) is 0 Å². The molecule has 0 spiro atoms. The number of carbonyl (C=O) groups is 1. The second kappa shape index (κ2) is 3.97. The number of rotatable bonds is 3. The van der Waals surface area contributed by atoms with Crippen molar-refractivity contribution in [3.05, 3.63) is 0 Å². The van der Waals surface area contributed by atoms with Gasteiger partial charge in [-0.25, -0.2) is 0 Å². The van der Waals surface area contributed by atoms with E-state index in [2.05, 4.69) is 0 Å². The highest BCUT2D eigenvalue weighted by atomic mass is 32.2. The maximum absolute atomic E-state index is 10.3. The van der Waals surface area contributed by atoms with Crippen LogP contribution in [0.4, 0.5) is 0 Å². The molecule has 11 heavy (non-hydrogen) atoms. The molecule has 1 aliphatic rings. The van der Waals surface area contributed by atoms with Crippen molar-refractivity contribution in [1.29, 1.82) is 0 Å². The summed E-state index contributed by atoms with van der Waals surface area (Å²) < 4.78 is 0. The molecule has 0 aromatic heterocycles. The minimum absolute atomic E-state index is 0.109. The number of thioether (sulfide) groups is 1. The Morgan fingerprint density at radius 3 is 3.00 bits per heavy atom. The predicted octanol–water partition coefficient (Wildman–Crippen LogP) is 0.684. The molecule has 3 N–H and O–H groups in total. The van der Waals surface area contributed by atoms with Crippen LogP contribution in [-0.4, -0.2) is 28.1 Å². The first-order valence-electron chi connectivity index (χ1n) is 3.79. The van der Waals surface area contributed by atoms with Gasteiger partial charge in [0, 0.05) is 11.3 Å². The minimum Gasteiger partial charge on any atom is -0.481 e. The van der Waals surface area contributed by atoms with Crippen molar-refractivity contribution >= 4 is 17.7 Å². The number of aliphatic carboxylic acids is 1. The van der Waals surface area contributed by atoms with Gasteiger partial charge in [-0.05, 0) is 18.6 Å². The van der Waals surface area contributed by atoms with Crippen molar-refractivity contribution in [2.24, 2.45) is 5.73 Å². The zero-order valence-electron chi connectivity index (χ0n) is 6.32. The third-order valence-electron chi connectivity index (χ3n) is 1.85. The third kappa shape index (κ3) is 2.71. The average molecular weight is 175 g/mol. The van der Waals surface area contributed by atoms with Crippen LogP contribution in [0.5, 0.6) is 0 Å². The Kier molecular flexibility index (Phi) is 3.20. The van der Waals surface area contributed by atoms with Gasteiger partial charge in [-0.2, -0.15) is 11.8 Å². The van der Waals surface area contributed by atoms with E-state index in [9.17, 15) is 4.79 Å². The van der Waals surface area contributed by atoms with Crippen LogP contribution in [0.2, 0.25) is 0 Å². The Balaban J connectivity index is 2.28. The molecule has 2 atom stereocenters. The molecule has 2 unspecified atom stereocenters. The molecule has 3 nitrogen and oxygen atoms in total. The van der Waals surface area contributed by atoms with E-state index < -0.39 is 5.97 Å². The molecule has 4 heteroatoms. The highest BCUT2D eigenvalue weighted by Crippen LogP contribution is 2.28. The van der Waals surface area contributed by atoms with E-state index >= 15 is 0 Å². The van der Waals surface area contributed by atoms with Gasteiger partial charge in [0.1, 0.15) is 0 Å². The van der Waals surface area contributed by atoms with E-state index in [0.717, 1.165) is 12.2 Å². The summed E-state index contributed by atoms with van der Waals surface area (Å²) in [5, 5.41) is 8.84. The van der Waals surface area contributed by atoms with E-state index in [4.69, 9.17) is 10.8 Å². The third-order valence-corrected chi connectivity index (χ3v) is 3.39. The molecule has 0 saturated carbocycles. The predicted molar refractivity (Wildman–Crippen MR) is 45.7 cm³/mol. The van der Waals surface area contributed by atoms with Gasteiger partial charge in [0.05, 0.1) is 6.42 Å². The maximum Gasteiger partial charge on any atom is 0.304 e. The fourth-order valence-corrected chi connectivity index (χ4v) is 2.59. The summed E-state index contributed by atoms with van der Waals surface area (Å²) >= 11 is 1.80. The van der Waals surface area contributed by atoms with E-state index in [1.807, 2.05) is 0 Å². The first kappa shape index (κ1) is 8.87. The van der Waals surface area contributed by atoms with E-state index in [0.29, 0.717) is 5.25 Å². The van der Waals surface area contributed by atoms with Crippen LogP contribution >= 0.6 is 11.8 Å². The molecule has 1 rings (SSSR count). The van der Waals surface area contributed by atoms with Gasteiger partial charge in [-0.1, -0.05) is 0 Å². The Morgan fingerprint density at radius 2 is 2.55 bits per heavy atom. The monoisotopic (exact) mass is 175 g/mol. The van der Waals surface area contributed by atoms with Crippen LogP contribution in [0, 0.1) is 0 Å². The van der Waals surface area contributed by atoms with Crippen LogP contribution in [0.3, 0.4) is 0 Å². The molecule has 1 heterocycles. The Morgan fingerprint density at radius 1 is 1.82 bits per heavy atom. The fourth-order valence-electron chi connectivity index (χ4n) is 1.27. The van der Waals surface area contributed by atoms with E-state index in [-0.39, 0.29) is 12.5 Å². The lowest BCUT2D eigenvalue weighted by atomic mass is 10.1. The van der Waals surface area contributed by atoms with Crippen LogP contribution < -0.4 is 5.73 Å². The molecule has 1 aliphatic heterocycles. The van der Waals surface area contributed by atoms with Gasteiger partial charge in [0.25, 0.3) is 0 Å². The van der Waals surface area contributed by atoms with Crippen molar-refractivity contribution in [2.45, 2.75) is 30.6 Å². The molecule has 0 aromatic rings. The van der Waals surface area contributed by atoms with Gasteiger partial charge in [-0.3, -0.25) is 4.79 Å². The molecule has 0 aromatic carbocycles. The number of carboxylic acid groups (broad SMARTS) is 1. The van der Waals surface area contributed by atoms with Gasteiger partial charge < -0.3 is 10.8 Å². The maximum atomic E-state index is 10.3. The highest BCUT2D eigenvalue weighted by Gasteiger charge is 2.23. The second-order valence-electron chi connectivity index (χ2n) is 2.81. The zero-order chi connectivity index (χ0) is 8.27. The van der Waals surface area contributed by atoms with Gasteiger partial charge >= 0.3 is 5.97 Å². The molecule has 1 saturated heterocycles. The molecule has 0 bridgehead atoms. The number of nitrogens with two attached hydrogens (primary N) is 1. The zero-order valence-corrected chi connectivity index (χ0v) is 7.14. The van der Waals surface area contributed by atoms with Gasteiger partial charge in [-0.15, -0.1) is 0 Å². The van der Waals surface area contributed by atoms with E-state index in [1.165, 1.54) is 6.42 Å². The fraction of sp³-hybridized carbons (Fsp3) is 0.857. The molecule has 1 fully saturated rings. The number of carboxylic acids is 1. The van der Waals surface area contributed by atoms with Crippen molar-refractivity contribution in [1.82, 2.24) is 0 Å². The quantitative estimate of drug-likeness (QED) is 0.662. The molecule has 64 valence electrons. The van der Waals surface area contributed by atoms with Crippen LogP contribution in [0.1, 0.15) is 19.3 Å². The van der Waals surface area contributed by atoms with Crippen LogP contribution in [0.25, 0.3) is 0 Å².